The molecule has 1 aromatic carbocycles. The Morgan fingerprint density at radius 2 is 2.00 bits per heavy atom. The van der Waals surface area contributed by atoms with E-state index < -0.39 is 0 Å². The maximum Gasteiger partial charge on any atom is 0.226 e. The van der Waals surface area contributed by atoms with Crippen LogP contribution in [0.15, 0.2) is 57.7 Å². The van der Waals surface area contributed by atoms with Gasteiger partial charge in [-0.3, -0.25) is 4.98 Å². The Hall–Kier alpha value is -1.21. The molecule has 3 rings (SSSR count). The highest BCUT2D eigenvalue weighted by molar-refractivity contribution is 14.1. The smallest absolute Gasteiger partial charge is 0.226 e. The van der Waals surface area contributed by atoms with Gasteiger partial charge in [-0.05, 0) is 52.9 Å². The van der Waals surface area contributed by atoms with Crippen LogP contribution in [0.3, 0.4) is 0 Å². The summed E-state index contributed by atoms with van der Waals surface area (Å²) < 4.78 is 7.67. The summed E-state index contributed by atoms with van der Waals surface area (Å²) in [5, 5.41) is 0. The van der Waals surface area contributed by atoms with Crippen molar-refractivity contribution in [2.45, 2.75) is 0 Å². The van der Waals surface area contributed by atoms with Crippen LogP contribution >= 0.6 is 38.5 Å². The van der Waals surface area contributed by atoms with Crippen molar-refractivity contribution in [3.05, 3.63) is 56.9 Å². The van der Waals surface area contributed by atoms with Gasteiger partial charge in [-0.2, -0.15) is 0 Å². The molecule has 0 saturated carbocycles. The van der Waals surface area contributed by atoms with E-state index >= 15 is 0 Å². The Morgan fingerprint density at radius 3 is 2.74 bits per heavy atom. The van der Waals surface area contributed by atoms with E-state index in [2.05, 4.69) is 48.5 Å². The zero-order chi connectivity index (χ0) is 13.2. The topological polar surface area (TPSA) is 38.9 Å². The van der Waals surface area contributed by atoms with Crippen molar-refractivity contribution in [2.75, 3.05) is 0 Å². The molecular formula is C14H8BrIN2O. The fourth-order valence-electron chi connectivity index (χ4n) is 1.72. The lowest BCUT2D eigenvalue weighted by molar-refractivity contribution is 0.575. The molecule has 3 aromatic rings. The minimum absolute atomic E-state index is 0.597. The molecule has 0 radical (unpaired) electrons. The fourth-order valence-corrected chi connectivity index (χ4v) is 3.31. The molecule has 2 heterocycles. The van der Waals surface area contributed by atoms with Gasteiger partial charge in [0.15, 0.2) is 0 Å². The molecule has 0 saturated heterocycles. The summed E-state index contributed by atoms with van der Waals surface area (Å²) in [6.45, 7) is 0. The fraction of sp³-hybridized carbons (Fsp3) is 0. The zero-order valence-electron chi connectivity index (χ0n) is 9.68. The van der Waals surface area contributed by atoms with E-state index in [9.17, 15) is 0 Å². The first-order valence-electron chi connectivity index (χ1n) is 5.56. The highest BCUT2D eigenvalue weighted by Crippen LogP contribution is 2.27. The van der Waals surface area contributed by atoms with Crippen molar-refractivity contribution in [2.24, 2.45) is 0 Å². The van der Waals surface area contributed by atoms with Gasteiger partial charge in [-0.25, -0.2) is 4.98 Å². The predicted octanol–water partition coefficient (Wildman–Crippen LogP) is 4.77. The van der Waals surface area contributed by atoms with Crippen LogP contribution in [-0.4, -0.2) is 9.97 Å². The summed E-state index contributed by atoms with van der Waals surface area (Å²) in [5.41, 5.74) is 2.49. The molecule has 0 amide bonds. The third kappa shape index (κ3) is 2.87. The molecule has 3 nitrogen and oxygen atoms in total. The summed E-state index contributed by atoms with van der Waals surface area (Å²) in [4.78, 5) is 8.74. The van der Waals surface area contributed by atoms with Crippen LogP contribution in [0.4, 0.5) is 0 Å². The number of rotatable bonds is 2. The van der Waals surface area contributed by atoms with Crippen molar-refractivity contribution in [1.29, 1.82) is 0 Å². The summed E-state index contributed by atoms with van der Waals surface area (Å²) in [5.74, 6) is 0.597. The summed E-state index contributed by atoms with van der Waals surface area (Å²) in [6, 6.07) is 11.8. The maximum absolute atomic E-state index is 5.54. The van der Waals surface area contributed by atoms with Gasteiger partial charge in [-0.1, -0.05) is 22.0 Å². The molecular weight excluding hydrogens is 419 g/mol. The molecule has 94 valence electrons. The SMILES string of the molecule is Brc1cc(I)cc(-c2nc(-c3ccccn3)co2)c1. The molecule has 0 aliphatic carbocycles. The van der Waals surface area contributed by atoms with Gasteiger partial charge in [0.25, 0.3) is 0 Å². The second kappa shape index (κ2) is 5.42. The van der Waals surface area contributed by atoms with Crippen molar-refractivity contribution in [3.8, 4) is 22.8 Å². The van der Waals surface area contributed by atoms with Gasteiger partial charge >= 0.3 is 0 Å². The second-order valence-electron chi connectivity index (χ2n) is 3.91. The van der Waals surface area contributed by atoms with E-state index in [1.165, 1.54) is 0 Å². The molecule has 19 heavy (non-hydrogen) atoms. The molecule has 0 unspecified atom stereocenters. The normalized spacial score (nSPS) is 10.6. The minimum Gasteiger partial charge on any atom is -0.444 e. The quantitative estimate of drug-likeness (QED) is 0.554. The predicted molar refractivity (Wildman–Crippen MR) is 85.6 cm³/mol. The molecule has 0 bridgehead atoms. The molecule has 2 aromatic heterocycles. The van der Waals surface area contributed by atoms with Gasteiger partial charge in [-0.15, -0.1) is 0 Å². The second-order valence-corrected chi connectivity index (χ2v) is 6.07. The standard InChI is InChI=1S/C14H8BrIN2O/c15-10-5-9(6-11(16)7-10)14-18-13(8-19-14)12-3-1-2-4-17-12/h1-8H. The molecule has 0 spiro atoms. The largest absolute Gasteiger partial charge is 0.444 e. The van der Waals surface area contributed by atoms with E-state index in [0.29, 0.717) is 5.89 Å². The Kier molecular flexibility index (Phi) is 3.65. The molecule has 5 heteroatoms. The first-order chi connectivity index (χ1) is 9.22. The van der Waals surface area contributed by atoms with Gasteiger partial charge in [0.1, 0.15) is 12.0 Å². The lowest BCUT2D eigenvalue weighted by atomic mass is 10.2. The van der Waals surface area contributed by atoms with Crippen LogP contribution in [0.5, 0.6) is 0 Å². The number of hydrogen-bond donors (Lipinski definition) is 0. The number of benzene rings is 1. The number of oxazole rings is 1. The molecule has 0 aliphatic heterocycles. The summed E-state index contributed by atoms with van der Waals surface area (Å²) in [6.07, 6.45) is 3.37. The third-order valence-corrected chi connectivity index (χ3v) is 3.62. The molecule has 0 atom stereocenters. The first-order valence-corrected chi connectivity index (χ1v) is 7.43. The zero-order valence-corrected chi connectivity index (χ0v) is 13.4. The molecule has 0 N–H and O–H groups in total. The highest BCUT2D eigenvalue weighted by atomic mass is 127. The van der Waals surface area contributed by atoms with Crippen LogP contribution in [0.25, 0.3) is 22.8 Å². The monoisotopic (exact) mass is 426 g/mol. The number of pyridine rings is 1. The summed E-state index contributed by atoms with van der Waals surface area (Å²) in [7, 11) is 0. The lowest BCUT2D eigenvalue weighted by Gasteiger charge is -1.98. The third-order valence-electron chi connectivity index (χ3n) is 2.54. The van der Waals surface area contributed by atoms with E-state index in [1.807, 2.05) is 36.4 Å². The lowest BCUT2D eigenvalue weighted by Crippen LogP contribution is -1.83. The Morgan fingerprint density at radius 1 is 1.11 bits per heavy atom. The number of halogens is 2. The average molecular weight is 427 g/mol. The first kappa shape index (κ1) is 12.8. The van der Waals surface area contributed by atoms with Crippen LogP contribution < -0.4 is 0 Å². The van der Waals surface area contributed by atoms with Crippen molar-refractivity contribution >= 4 is 38.5 Å². The minimum atomic E-state index is 0.597. The Bertz CT molecular complexity index is 692. The van der Waals surface area contributed by atoms with Crippen LogP contribution in [0.1, 0.15) is 0 Å². The Labute approximate surface area is 132 Å². The van der Waals surface area contributed by atoms with Gasteiger partial charge < -0.3 is 4.42 Å². The summed E-state index contributed by atoms with van der Waals surface area (Å²) >= 11 is 5.74. The van der Waals surface area contributed by atoms with E-state index in [0.717, 1.165) is 25.0 Å². The molecule has 0 fully saturated rings. The van der Waals surface area contributed by atoms with Crippen LogP contribution in [0, 0.1) is 3.57 Å². The van der Waals surface area contributed by atoms with Gasteiger partial charge in [0.05, 0.1) is 5.69 Å². The number of hydrogen-bond acceptors (Lipinski definition) is 3. The van der Waals surface area contributed by atoms with E-state index in [4.69, 9.17) is 4.42 Å². The Balaban J connectivity index is 2.02. The van der Waals surface area contributed by atoms with Gasteiger partial charge in [0.2, 0.25) is 5.89 Å². The highest BCUT2D eigenvalue weighted by Gasteiger charge is 2.10. The van der Waals surface area contributed by atoms with Crippen molar-refractivity contribution < 1.29 is 4.42 Å². The van der Waals surface area contributed by atoms with Crippen LogP contribution in [0.2, 0.25) is 0 Å². The average Bonchev–Trinajstić information content (AvgIpc) is 2.88. The maximum atomic E-state index is 5.54. The van der Waals surface area contributed by atoms with Crippen molar-refractivity contribution in [1.82, 2.24) is 9.97 Å². The van der Waals surface area contributed by atoms with Crippen molar-refractivity contribution in [3.63, 3.8) is 0 Å². The van der Waals surface area contributed by atoms with E-state index in [-0.39, 0.29) is 0 Å². The van der Waals surface area contributed by atoms with Crippen LogP contribution in [-0.2, 0) is 0 Å². The molecule has 0 aliphatic rings. The number of nitrogens with zero attached hydrogens (tertiary/aromatic N) is 2. The van der Waals surface area contributed by atoms with Gasteiger partial charge in [0, 0.05) is 19.8 Å². The van der Waals surface area contributed by atoms with E-state index in [1.54, 1.807) is 12.5 Å². The number of aromatic nitrogens is 2.